The van der Waals surface area contributed by atoms with Gasteiger partial charge in [0.2, 0.25) is 5.91 Å². The van der Waals surface area contributed by atoms with Gasteiger partial charge in [0.25, 0.3) is 0 Å². The molecule has 16 heavy (non-hydrogen) atoms. The molecule has 0 bridgehead atoms. The second-order valence-corrected chi connectivity index (χ2v) is 4.42. The van der Waals surface area contributed by atoms with E-state index in [1.165, 1.54) is 4.90 Å². The molecule has 0 heterocycles. The van der Waals surface area contributed by atoms with Crippen molar-refractivity contribution in [2.24, 2.45) is 5.41 Å². The van der Waals surface area contributed by atoms with Crippen LogP contribution in [-0.4, -0.2) is 49.2 Å². The first-order chi connectivity index (χ1) is 7.52. The van der Waals surface area contributed by atoms with E-state index in [1.54, 1.807) is 14.2 Å². The number of likely N-dealkylation sites (N-methyl/N-ethyl adjacent to an activating group) is 1. The van der Waals surface area contributed by atoms with Gasteiger partial charge in [-0.1, -0.05) is 6.42 Å². The Labute approximate surface area is 95.4 Å². The number of hydrogen-bond acceptors (Lipinski definition) is 3. The van der Waals surface area contributed by atoms with Crippen LogP contribution in [0, 0.1) is 5.41 Å². The van der Waals surface area contributed by atoms with Crippen LogP contribution in [-0.2, 0) is 14.3 Å². The Morgan fingerprint density at radius 1 is 1.44 bits per heavy atom. The Morgan fingerprint density at radius 2 is 2.06 bits per heavy atom. The lowest BCUT2D eigenvalue weighted by Gasteiger charge is -2.37. The minimum atomic E-state index is -0.841. The lowest BCUT2D eigenvalue weighted by molar-refractivity contribution is -0.159. The van der Waals surface area contributed by atoms with Crippen LogP contribution in [0.5, 0.6) is 0 Å². The molecule has 1 N–H and O–H groups in total. The third kappa shape index (κ3) is 2.72. The number of carbonyl (C=O) groups is 2. The summed E-state index contributed by atoms with van der Waals surface area (Å²) in [6.07, 6.45) is 2.25. The largest absolute Gasteiger partial charge is 0.481 e. The van der Waals surface area contributed by atoms with Crippen molar-refractivity contribution in [3.63, 3.8) is 0 Å². The Balaban J connectivity index is 2.46. The fourth-order valence-electron chi connectivity index (χ4n) is 1.85. The molecule has 5 nitrogen and oxygen atoms in total. The van der Waals surface area contributed by atoms with Crippen molar-refractivity contribution in [3.05, 3.63) is 0 Å². The highest BCUT2D eigenvalue weighted by atomic mass is 16.5. The molecule has 1 saturated carbocycles. The quantitative estimate of drug-likeness (QED) is 0.729. The standard InChI is InChI=1S/C11H19NO4/c1-12(6-7-16-2)9(13)8-11(10(14)15)4-3-5-11/h3-8H2,1-2H3,(H,14,15). The molecule has 0 atom stereocenters. The number of carbonyl (C=O) groups excluding carboxylic acids is 1. The molecule has 1 fully saturated rings. The number of carboxylic acids is 1. The van der Waals surface area contributed by atoms with Gasteiger partial charge in [0.15, 0.2) is 0 Å². The zero-order chi connectivity index (χ0) is 12.2. The predicted octanol–water partition coefficient (Wildman–Crippen LogP) is 0.736. The van der Waals surface area contributed by atoms with Crippen LogP contribution in [0.25, 0.3) is 0 Å². The van der Waals surface area contributed by atoms with Gasteiger partial charge in [-0.25, -0.2) is 0 Å². The van der Waals surface area contributed by atoms with Crippen LogP contribution in [0.15, 0.2) is 0 Å². The van der Waals surface area contributed by atoms with Gasteiger partial charge in [-0.3, -0.25) is 9.59 Å². The average molecular weight is 229 g/mol. The zero-order valence-corrected chi connectivity index (χ0v) is 9.86. The number of methoxy groups -OCH3 is 1. The number of carboxylic acid groups (broad SMARTS) is 1. The maximum absolute atomic E-state index is 11.8. The molecule has 0 aromatic rings. The van der Waals surface area contributed by atoms with E-state index in [4.69, 9.17) is 9.84 Å². The number of nitrogens with zero attached hydrogens (tertiary/aromatic N) is 1. The fourth-order valence-corrected chi connectivity index (χ4v) is 1.85. The van der Waals surface area contributed by atoms with Gasteiger partial charge in [-0.15, -0.1) is 0 Å². The minimum absolute atomic E-state index is 0.112. The molecule has 0 aliphatic heterocycles. The van der Waals surface area contributed by atoms with Crippen LogP contribution in [0.2, 0.25) is 0 Å². The number of rotatable bonds is 6. The van der Waals surface area contributed by atoms with Crippen LogP contribution in [0.1, 0.15) is 25.7 Å². The summed E-state index contributed by atoms with van der Waals surface area (Å²) in [6.45, 7) is 0.980. The molecule has 92 valence electrons. The van der Waals surface area contributed by atoms with Crippen molar-refractivity contribution >= 4 is 11.9 Å². The lowest BCUT2D eigenvalue weighted by atomic mass is 9.66. The van der Waals surface area contributed by atoms with E-state index in [9.17, 15) is 9.59 Å². The van der Waals surface area contributed by atoms with Crippen molar-refractivity contribution in [3.8, 4) is 0 Å². The van der Waals surface area contributed by atoms with E-state index in [-0.39, 0.29) is 12.3 Å². The van der Waals surface area contributed by atoms with Crippen LogP contribution < -0.4 is 0 Å². The molecule has 0 aromatic heterocycles. The monoisotopic (exact) mass is 229 g/mol. The summed E-state index contributed by atoms with van der Waals surface area (Å²) in [5, 5.41) is 9.10. The van der Waals surface area contributed by atoms with E-state index >= 15 is 0 Å². The van der Waals surface area contributed by atoms with E-state index in [0.717, 1.165) is 6.42 Å². The average Bonchev–Trinajstić information content (AvgIpc) is 2.18. The minimum Gasteiger partial charge on any atom is -0.481 e. The first kappa shape index (κ1) is 13.0. The number of hydrogen-bond donors (Lipinski definition) is 1. The van der Waals surface area contributed by atoms with Crippen LogP contribution in [0.3, 0.4) is 0 Å². The highest BCUT2D eigenvalue weighted by Gasteiger charge is 2.46. The molecule has 0 saturated heterocycles. The second kappa shape index (κ2) is 5.30. The van der Waals surface area contributed by atoms with Crippen molar-refractivity contribution < 1.29 is 19.4 Å². The SMILES string of the molecule is COCCN(C)C(=O)CC1(C(=O)O)CCC1. The summed E-state index contributed by atoms with van der Waals surface area (Å²) in [5.41, 5.74) is -0.793. The molecule has 1 aliphatic carbocycles. The van der Waals surface area contributed by atoms with Crippen molar-refractivity contribution in [1.29, 1.82) is 0 Å². The molecular weight excluding hydrogens is 210 g/mol. The van der Waals surface area contributed by atoms with Gasteiger partial charge < -0.3 is 14.7 Å². The maximum Gasteiger partial charge on any atom is 0.310 e. The molecule has 0 spiro atoms. The molecule has 1 rings (SSSR count). The van der Waals surface area contributed by atoms with Gasteiger partial charge in [-0.05, 0) is 12.8 Å². The van der Waals surface area contributed by atoms with E-state index in [2.05, 4.69) is 0 Å². The van der Waals surface area contributed by atoms with Crippen LogP contribution >= 0.6 is 0 Å². The molecule has 0 unspecified atom stereocenters. The highest BCUT2D eigenvalue weighted by molar-refractivity contribution is 5.85. The van der Waals surface area contributed by atoms with Gasteiger partial charge in [0, 0.05) is 27.1 Å². The summed E-state index contributed by atoms with van der Waals surface area (Å²) in [4.78, 5) is 24.4. The molecule has 1 aliphatic rings. The van der Waals surface area contributed by atoms with Gasteiger partial charge in [0.05, 0.1) is 12.0 Å². The van der Waals surface area contributed by atoms with Crippen molar-refractivity contribution in [2.75, 3.05) is 27.3 Å². The third-order valence-electron chi connectivity index (χ3n) is 3.31. The highest BCUT2D eigenvalue weighted by Crippen LogP contribution is 2.44. The van der Waals surface area contributed by atoms with Gasteiger partial charge in [0.1, 0.15) is 0 Å². The lowest BCUT2D eigenvalue weighted by Crippen LogP contribution is -2.43. The molecule has 0 aromatic carbocycles. The Morgan fingerprint density at radius 3 is 2.44 bits per heavy atom. The second-order valence-electron chi connectivity index (χ2n) is 4.42. The van der Waals surface area contributed by atoms with E-state index < -0.39 is 11.4 Å². The smallest absolute Gasteiger partial charge is 0.310 e. The van der Waals surface area contributed by atoms with Crippen LogP contribution in [0.4, 0.5) is 0 Å². The summed E-state index contributed by atoms with van der Waals surface area (Å²) in [6, 6.07) is 0. The molecule has 0 radical (unpaired) electrons. The third-order valence-corrected chi connectivity index (χ3v) is 3.31. The van der Waals surface area contributed by atoms with Gasteiger partial charge >= 0.3 is 5.97 Å². The Kier molecular flexibility index (Phi) is 4.29. The fraction of sp³-hybridized carbons (Fsp3) is 0.818. The Bertz CT molecular complexity index is 273. The Hall–Kier alpha value is -1.10. The predicted molar refractivity (Wildman–Crippen MR) is 58.0 cm³/mol. The van der Waals surface area contributed by atoms with Crippen molar-refractivity contribution in [2.45, 2.75) is 25.7 Å². The summed E-state index contributed by atoms with van der Waals surface area (Å²) in [5.74, 6) is -0.952. The first-order valence-electron chi connectivity index (χ1n) is 5.48. The summed E-state index contributed by atoms with van der Waals surface area (Å²) in [7, 11) is 3.25. The maximum atomic E-state index is 11.8. The first-order valence-corrected chi connectivity index (χ1v) is 5.48. The molecular formula is C11H19NO4. The number of amides is 1. The number of ether oxygens (including phenoxy) is 1. The molecule has 1 amide bonds. The topological polar surface area (TPSA) is 66.8 Å². The molecule has 5 heteroatoms. The summed E-state index contributed by atoms with van der Waals surface area (Å²) < 4.78 is 4.87. The van der Waals surface area contributed by atoms with E-state index in [0.29, 0.717) is 26.0 Å². The van der Waals surface area contributed by atoms with E-state index in [1.807, 2.05) is 0 Å². The van der Waals surface area contributed by atoms with Crippen molar-refractivity contribution in [1.82, 2.24) is 4.90 Å². The van der Waals surface area contributed by atoms with Gasteiger partial charge in [-0.2, -0.15) is 0 Å². The number of aliphatic carboxylic acids is 1. The summed E-state index contributed by atoms with van der Waals surface area (Å²) >= 11 is 0. The normalized spacial score (nSPS) is 17.6. The zero-order valence-electron chi connectivity index (χ0n) is 9.86.